The SMILES string of the molecule is C=C(C)COc1cc(N2C(=O)c3ccccc3C2=O)c(F)cc1Cl. The molecule has 4 nitrogen and oxygen atoms in total. The molecule has 0 unspecified atom stereocenters. The van der Waals surface area contributed by atoms with Crippen molar-refractivity contribution in [2.45, 2.75) is 6.92 Å². The maximum atomic E-state index is 14.3. The number of halogens is 2. The summed E-state index contributed by atoms with van der Waals surface area (Å²) in [6.07, 6.45) is 0. The summed E-state index contributed by atoms with van der Waals surface area (Å²) in [5, 5.41) is 0.0501. The number of carbonyl (C=O) groups excluding carboxylic acids is 2. The minimum Gasteiger partial charge on any atom is -0.488 e. The summed E-state index contributed by atoms with van der Waals surface area (Å²) in [6.45, 7) is 5.66. The van der Waals surface area contributed by atoms with Crippen LogP contribution in [0.2, 0.25) is 5.02 Å². The Labute approximate surface area is 143 Å². The van der Waals surface area contributed by atoms with Crippen LogP contribution in [0.1, 0.15) is 27.6 Å². The van der Waals surface area contributed by atoms with Crippen molar-refractivity contribution < 1.29 is 18.7 Å². The molecule has 0 aliphatic carbocycles. The number of fused-ring (bicyclic) bond motifs is 1. The van der Waals surface area contributed by atoms with Crippen molar-refractivity contribution in [3.8, 4) is 5.75 Å². The summed E-state index contributed by atoms with van der Waals surface area (Å²) in [5.41, 5.74) is 1.03. The van der Waals surface area contributed by atoms with Crippen molar-refractivity contribution in [1.82, 2.24) is 0 Å². The molecular formula is C18H13ClFNO3. The molecular weight excluding hydrogens is 333 g/mol. The molecule has 2 amide bonds. The van der Waals surface area contributed by atoms with Gasteiger partial charge in [0.2, 0.25) is 0 Å². The van der Waals surface area contributed by atoms with Gasteiger partial charge < -0.3 is 4.74 Å². The van der Waals surface area contributed by atoms with Gasteiger partial charge in [0.25, 0.3) is 11.8 Å². The number of rotatable bonds is 4. The summed E-state index contributed by atoms with van der Waals surface area (Å²) >= 11 is 5.97. The highest BCUT2D eigenvalue weighted by Crippen LogP contribution is 2.36. The summed E-state index contributed by atoms with van der Waals surface area (Å²) in [6, 6.07) is 8.63. The number of amides is 2. The van der Waals surface area contributed by atoms with Crippen LogP contribution in [0.5, 0.6) is 5.75 Å². The van der Waals surface area contributed by atoms with Crippen LogP contribution in [0.15, 0.2) is 48.6 Å². The Morgan fingerprint density at radius 2 is 1.79 bits per heavy atom. The van der Waals surface area contributed by atoms with Crippen molar-refractivity contribution in [3.05, 3.63) is 70.5 Å². The van der Waals surface area contributed by atoms with E-state index in [9.17, 15) is 14.0 Å². The lowest BCUT2D eigenvalue weighted by molar-refractivity contribution is 0.0925. The fourth-order valence-corrected chi connectivity index (χ4v) is 2.61. The highest BCUT2D eigenvalue weighted by molar-refractivity contribution is 6.35. The van der Waals surface area contributed by atoms with Crippen LogP contribution in [0.3, 0.4) is 0 Å². The number of imide groups is 1. The summed E-state index contributed by atoms with van der Waals surface area (Å²) < 4.78 is 19.8. The first-order valence-corrected chi connectivity index (χ1v) is 7.52. The number of nitrogens with zero attached hydrogens (tertiary/aromatic N) is 1. The number of hydrogen-bond acceptors (Lipinski definition) is 3. The Bertz CT molecular complexity index is 844. The van der Waals surface area contributed by atoms with E-state index >= 15 is 0 Å². The van der Waals surface area contributed by atoms with Gasteiger partial charge in [-0.1, -0.05) is 30.3 Å². The zero-order valence-electron chi connectivity index (χ0n) is 12.8. The van der Waals surface area contributed by atoms with E-state index in [0.717, 1.165) is 16.5 Å². The lowest BCUT2D eigenvalue weighted by atomic mass is 10.1. The Balaban J connectivity index is 2.04. The van der Waals surface area contributed by atoms with Gasteiger partial charge in [-0.05, 0) is 30.7 Å². The van der Waals surface area contributed by atoms with Crippen LogP contribution in [0.25, 0.3) is 0 Å². The standard InChI is InChI=1S/C18H13ClFNO3/c1-10(2)9-24-16-8-15(14(20)7-13(16)19)21-17(22)11-5-3-4-6-12(11)18(21)23/h3-8H,1,9H2,2H3. The van der Waals surface area contributed by atoms with E-state index in [-0.39, 0.29) is 34.2 Å². The topological polar surface area (TPSA) is 46.6 Å². The normalized spacial score (nSPS) is 13.2. The van der Waals surface area contributed by atoms with Crippen LogP contribution in [-0.2, 0) is 0 Å². The Hall–Kier alpha value is -2.66. The van der Waals surface area contributed by atoms with Crippen molar-refractivity contribution >= 4 is 29.1 Å². The predicted molar refractivity (Wildman–Crippen MR) is 89.3 cm³/mol. The van der Waals surface area contributed by atoms with Gasteiger partial charge in [-0.15, -0.1) is 0 Å². The molecule has 2 aromatic carbocycles. The first-order valence-electron chi connectivity index (χ1n) is 7.14. The van der Waals surface area contributed by atoms with Gasteiger partial charge in [0.15, 0.2) is 0 Å². The second-order valence-corrected chi connectivity index (χ2v) is 5.88. The van der Waals surface area contributed by atoms with Gasteiger partial charge in [0, 0.05) is 6.07 Å². The smallest absolute Gasteiger partial charge is 0.266 e. The number of carbonyl (C=O) groups is 2. The van der Waals surface area contributed by atoms with Crippen LogP contribution in [-0.4, -0.2) is 18.4 Å². The quantitative estimate of drug-likeness (QED) is 0.615. The van der Waals surface area contributed by atoms with Crippen LogP contribution in [0.4, 0.5) is 10.1 Å². The monoisotopic (exact) mass is 345 g/mol. The van der Waals surface area contributed by atoms with E-state index in [0.29, 0.717) is 0 Å². The third-order valence-corrected chi connectivity index (χ3v) is 3.81. The molecule has 2 aromatic rings. The average molecular weight is 346 g/mol. The molecule has 6 heteroatoms. The molecule has 122 valence electrons. The van der Waals surface area contributed by atoms with E-state index in [1.807, 2.05) is 0 Å². The molecule has 0 spiro atoms. The fraction of sp³-hybridized carbons (Fsp3) is 0.111. The van der Waals surface area contributed by atoms with Crippen LogP contribution in [0, 0.1) is 5.82 Å². The maximum Gasteiger partial charge on any atom is 0.266 e. The lowest BCUT2D eigenvalue weighted by Crippen LogP contribution is -2.30. The number of ether oxygens (including phenoxy) is 1. The van der Waals surface area contributed by atoms with E-state index in [2.05, 4.69) is 6.58 Å². The number of benzene rings is 2. The van der Waals surface area contributed by atoms with E-state index in [4.69, 9.17) is 16.3 Å². The highest BCUT2D eigenvalue weighted by atomic mass is 35.5. The Morgan fingerprint density at radius 1 is 1.21 bits per heavy atom. The van der Waals surface area contributed by atoms with Gasteiger partial charge >= 0.3 is 0 Å². The molecule has 0 radical (unpaired) electrons. The first kappa shape index (κ1) is 16.2. The van der Waals surface area contributed by atoms with Crippen molar-refractivity contribution in [2.75, 3.05) is 11.5 Å². The van der Waals surface area contributed by atoms with Crippen molar-refractivity contribution in [1.29, 1.82) is 0 Å². The summed E-state index contributed by atoms with van der Waals surface area (Å²) in [4.78, 5) is 25.7. The molecule has 0 aromatic heterocycles. The maximum absolute atomic E-state index is 14.3. The third-order valence-electron chi connectivity index (χ3n) is 3.51. The molecule has 1 aliphatic heterocycles. The highest BCUT2D eigenvalue weighted by Gasteiger charge is 2.38. The van der Waals surface area contributed by atoms with Gasteiger partial charge in [-0.3, -0.25) is 9.59 Å². The molecule has 0 saturated carbocycles. The Morgan fingerprint density at radius 3 is 2.33 bits per heavy atom. The predicted octanol–water partition coefficient (Wildman–Crippen LogP) is 4.23. The molecule has 24 heavy (non-hydrogen) atoms. The van der Waals surface area contributed by atoms with E-state index < -0.39 is 17.6 Å². The molecule has 1 heterocycles. The molecule has 0 N–H and O–H groups in total. The average Bonchev–Trinajstić information content (AvgIpc) is 2.79. The minimum atomic E-state index is -0.780. The second-order valence-electron chi connectivity index (χ2n) is 5.47. The molecule has 1 aliphatic rings. The second kappa shape index (κ2) is 6.09. The molecule has 0 bridgehead atoms. The fourth-order valence-electron chi connectivity index (χ4n) is 2.41. The van der Waals surface area contributed by atoms with Crippen LogP contribution >= 0.6 is 11.6 Å². The van der Waals surface area contributed by atoms with Gasteiger partial charge in [-0.25, -0.2) is 9.29 Å². The first-order chi connectivity index (χ1) is 11.4. The zero-order valence-corrected chi connectivity index (χ0v) is 13.6. The summed E-state index contributed by atoms with van der Waals surface area (Å²) in [5.74, 6) is -1.77. The van der Waals surface area contributed by atoms with Crippen LogP contribution < -0.4 is 9.64 Å². The number of anilines is 1. The molecule has 3 rings (SSSR count). The molecule has 0 atom stereocenters. The van der Waals surface area contributed by atoms with E-state index in [1.165, 1.54) is 18.2 Å². The third kappa shape index (κ3) is 2.67. The summed E-state index contributed by atoms with van der Waals surface area (Å²) in [7, 11) is 0. The molecule has 0 saturated heterocycles. The Kier molecular flexibility index (Phi) is 4.11. The zero-order chi connectivity index (χ0) is 17.4. The molecule has 0 fully saturated rings. The van der Waals surface area contributed by atoms with E-state index in [1.54, 1.807) is 19.1 Å². The van der Waals surface area contributed by atoms with Gasteiger partial charge in [-0.2, -0.15) is 0 Å². The largest absolute Gasteiger partial charge is 0.488 e. The lowest BCUT2D eigenvalue weighted by Gasteiger charge is -2.17. The van der Waals surface area contributed by atoms with Gasteiger partial charge in [0.1, 0.15) is 18.2 Å². The van der Waals surface area contributed by atoms with Crippen molar-refractivity contribution in [3.63, 3.8) is 0 Å². The number of hydrogen-bond donors (Lipinski definition) is 0. The van der Waals surface area contributed by atoms with Gasteiger partial charge in [0.05, 0.1) is 21.8 Å². The minimum absolute atomic E-state index is 0.0501. The van der Waals surface area contributed by atoms with Crippen molar-refractivity contribution in [2.24, 2.45) is 0 Å².